The molecule has 4 aromatic rings. The van der Waals surface area contributed by atoms with Gasteiger partial charge in [0.25, 0.3) is 10.0 Å². The van der Waals surface area contributed by atoms with E-state index in [1.54, 1.807) is 43.4 Å². The maximum Gasteiger partial charge on any atom is 0.357 e. The molecule has 1 saturated heterocycles. The van der Waals surface area contributed by atoms with Crippen molar-refractivity contribution in [3.05, 3.63) is 59.9 Å². The molecule has 11 nitrogen and oxygen atoms in total. The highest BCUT2D eigenvalue weighted by molar-refractivity contribution is 7.89. The summed E-state index contributed by atoms with van der Waals surface area (Å²) in [6, 6.07) is 11.7. The van der Waals surface area contributed by atoms with Gasteiger partial charge in [-0.1, -0.05) is 0 Å². The number of hydrogen-bond donors (Lipinski definition) is 2. The number of hydrazine groups is 1. The van der Waals surface area contributed by atoms with E-state index in [9.17, 15) is 13.2 Å². The summed E-state index contributed by atoms with van der Waals surface area (Å²) in [6.45, 7) is 4.07. The number of carbonyl (C=O) groups excluding carboxylic acids is 1. The lowest BCUT2D eigenvalue weighted by Crippen LogP contribution is -2.48. The normalized spacial score (nSPS) is 14.7. The van der Waals surface area contributed by atoms with E-state index < -0.39 is 16.0 Å². The molecule has 0 saturated carbocycles. The molecular formula is C26H28N4O7S. The van der Waals surface area contributed by atoms with Gasteiger partial charge in [0.2, 0.25) is 0 Å². The second-order valence-corrected chi connectivity index (χ2v) is 10.3. The van der Waals surface area contributed by atoms with Gasteiger partial charge in [0, 0.05) is 42.1 Å². The molecule has 2 N–H and O–H groups in total. The number of morpholine rings is 1. The summed E-state index contributed by atoms with van der Waals surface area (Å²) in [4.78, 5) is 22.9. The van der Waals surface area contributed by atoms with Crippen LogP contribution in [0.3, 0.4) is 0 Å². The molecule has 5 rings (SSSR count). The van der Waals surface area contributed by atoms with E-state index in [0.29, 0.717) is 43.4 Å². The molecule has 0 spiro atoms. The maximum absolute atomic E-state index is 12.7. The van der Waals surface area contributed by atoms with Crippen LogP contribution in [-0.4, -0.2) is 69.4 Å². The summed E-state index contributed by atoms with van der Waals surface area (Å²) in [7, 11) is -2.16. The fourth-order valence-electron chi connectivity index (χ4n) is 4.36. The van der Waals surface area contributed by atoms with Crippen molar-refractivity contribution in [2.75, 3.05) is 40.0 Å². The van der Waals surface area contributed by atoms with Crippen molar-refractivity contribution in [3.63, 3.8) is 0 Å². The van der Waals surface area contributed by atoms with Crippen LogP contribution in [0.25, 0.3) is 21.8 Å². The summed E-state index contributed by atoms with van der Waals surface area (Å²) >= 11 is 0. The standard InChI is InChI=1S/C26H28N4O7S/c1-3-36-26(31)25-21(16-34-2)24-20-14-18(6-9-22(20)28-23(24)15-27-25)37-17-4-7-19(8-5-17)38(32,33)29-30-10-12-35-13-11-30/h4-9,14-15,28-29H,3,10-13,16H2,1-2H3. The molecule has 2 aromatic carbocycles. The van der Waals surface area contributed by atoms with Crippen LogP contribution in [0.4, 0.5) is 0 Å². The molecule has 1 aliphatic heterocycles. The van der Waals surface area contributed by atoms with E-state index >= 15 is 0 Å². The minimum Gasteiger partial charge on any atom is -0.461 e. The van der Waals surface area contributed by atoms with Gasteiger partial charge in [0.05, 0.1) is 43.0 Å². The van der Waals surface area contributed by atoms with E-state index in [4.69, 9.17) is 18.9 Å². The number of sulfonamides is 1. The zero-order chi connectivity index (χ0) is 26.7. The lowest BCUT2D eigenvalue weighted by atomic mass is 10.1. The monoisotopic (exact) mass is 540 g/mol. The molecule has 38 heavy (non-hydrogen) atoms. The first-order valence-corrected chi connectivity index (χ1v) is 13.6. The molecule has 0 unspecified atom stereocenters. The zero-order valence-electron chi connectivity index (χ0n) is 21.0. The molecule has 0 aliphatic carbocycles. The van der Waals surface area contributed by atoms with Gasteiger partial charge >= 0.3 is 5.97 Å². The van der Waals surface area contributed by atoms with Crippen LogP contribution in [0, 0.1) is 0 Å². The number of aromatic amines is 1. The fraction of sp³-hybridized carbons (Fsp3) is 0.308. The van der Waals surface area contributed by atoms with Gasteiger partial charge in [-0.15, -0.1) is 4.83 Å². The number of carbonyl (C=O) groups is 1. The van der Waals surface area contributed by atoms with Crippen molar-refractivity contribution in [1.29, 1.82) is 0 Å². The van der Waals surface area contributed by atoms with Gasteiger partial charge in [-0.05, 0) is 49.4 Å². The van der Waals surface area contributed by atoms with Crippen LogP contribution < -0.4 is 9.57 Å². The predicted molar refractivity (Wildman–Crippen MR) is 139 cm³/mol. The quantitative estimate of drug-likeness (QED) is 0.307. The first-order valence-electron chi connectivity index (χ1n) is 12.1. The minimum absolute atomic E-state index is 0.131. The van der Waals surface area contributed by atoms with Crippen LogP contribution in [-0.2, 0) is 30.8 Å². The first-order chi connectivity index (χ1) is 18.4. The molecule has 1 fully saturated rings. The Kier molecular flexibility index (Phi) is 7.58. The third-order valence-electron chi connectivity index (χ3n) is 6.10. The average Bonchev–Trinajstić information content (AvgIpc) is 3.28. The van der Waals surface area contributed by atoms with E-state index in [-0.39, 0.29) is 23.8 Å². The number of rotatable bonds is 9. The van der Waals surface area contributed by atoms with Crippen LogP contribution >= 0.6 is 0 Å². The van der Waals surface area contributed by atoms with Crippen LogP contribution in [0.2, 0.25) is 0 Å². The number of esters is 1. The number of H-pyrrole nitrogens is 1. The molecular weight excluding hydrogens is 512 g/mol. The Morgan fingerprint density at radius 3 is 2.55 bits per heavy atom. The number of benzene rings is 2. The van der Waals surface area contributed by atoms with E-state index in [2.05, 4.69) is 14.8 Å². The Bertz CT molecular complexity index is 1560. The zero-order valence-corrected chi connectivity index (χ0v) is 21.8. The number of pyridine rings is 1. The van der Waals surface area contributed by atoms with Gasteiger partial charge in [-0.25, -0.2) is 23.2 Å². The second kappa shape index (κ2) is 11.1. The third kappa shape index (κ3) is 5.35. The Labute approximate surface area is 219 Å². The summed E-state index contributed by atoms with van der Waals surface area (Å²) in [5.41, 5.74) is 2.41. The van der Waals surface area contributed by atoms with Gasteiger partial charge in [-0.2, -0.15) is 0 Å². The Morgan fingerprint density at radius 2 is 1.84 bits per heavy atom. The van der Waals surface area contributed by atoms with Gasteiger partial charge in [-0.3, -0.25) is 0 Å². The summed E-state index contributed by atoms with van der Waals surface area (Å²) < 4.78 is 47.3. The smallest absolute Gasteiger partial charge is 0.357 e. The van der Waals surface area contributed by atoms with Gasteiger partial charge in [0.1, 0.15) is 11.5 Å². The Morgan fingerprint density at radius 1 is 1.11 bits per heavy atom. The highest BCUT2D eigenvalue weighted by Gasteiger charge is 2.22. The number of fused-ring (bicyclic) bond motifs is 3. The topological polar surface area (TPSA) is 132 Å². The lowest BCUT2D eigenvalue weighted by Gasteiger charge is -2.26. The number of nitrogens with one attached hydrogen (secondary N) is 2. The number of methoxy groups -OCH3 is 1. The first kappa shape index (κ1) is 26.1. The SMILES string of the molecule is CCOC(=O)c1ncc2[nH]c3ccc(Oc4ccc(S(=O)(=O)NN5CCOCC5)cc4)cc3c2c1COC. The molecule has 0 radical (unpaired) electrons. The van der Waals surface area contributed by atoms with Crippen LogP contribution in [0.5, 0.6) is 11.5 Å². The maximum atomic E-state index is 12.7. The predicted octanol–water partition coefficient (Wildman–Crippen LogP) is 3.36. The van der Waals surface area contributed by atoms with E-state index in [1.807, 2.05) is 12.1 Å². The van der Waals surface area contributed by atoms with Gasteiger partial charge < -0.3 is 23.9 Å². The minimum atomic E-state index is -3.72. The highest BCUT2D eigenvalue weighted by Crippen LogP contribution is 2.34. The van der Waals surface area contributed by atoms with Gasteiger partial charge in [0.15, 0.2) is 5.69 Å². The number of nitrogens with zero attached hydrogens (tertiary/aromatic N) is 2. The van der Waals surface area contributed by atoms with Crippen molar-refractivity contribution < 1.29 is 32.2 Å². The lowest BCUT2D eigenvalue weighted by molar-refractivity contribution is 0.0272. The summed E-state index contributed by atoms with van der Waals surface area (Å²) in [5.74, 6) is 0.500. The number of ether oxygens (including phenoxy) is 4. The van der Waals surface area contributed by atoms with E-state index in [1.165, 1.54) is 12.1 Å². The van der Waals surface area contributed by atoms with Crippen molar-refractivity contribution >= 4 is 37.8 Å². The molecule has 0 amide bonds. The molecule has 1 aliphatic rings. The molecule has 2 aromatic heterocycles. The van der Waals surface area contributed by atoms with Crippen molar-refractivity contribution in [3.8, 4) is 11.5 Å². The largest absolute Gasteiger partial charge is 0.461 e. The second-order valence-electron chi connectivity index (χ2n) is 8.63. The molecule has 200 valence electrons. The van der Waals surface area contributed by atoms with Crippen LogP contribution in [0.15, 0.2) is 53.6 Å². The van der Waals surface area contributed by atoms with E-state index in [0.717, 1.165) is 21.8 Å². The fourth-order valence-corrected chi connectivity index (χ4v) is 5.49. The molecule has 3 heterocycles. The van der Waals surface area contributed by atoms with Crippen molar-refractivity contribution in [2.45, 2.75) is 18.4 Å². The Hall–Kier alpha value is -3.55. The Balaban J connectivity index is 1.43. The van der Waals surface area contributed by atoms with Crippen molar-refractivity contribution in [2.24, 2.45) is 0 Å². The highest BCUT2D eigenvalue weighted by atomic mass is 32.2. The number of aromatic nitrogens is 2. The number of hydrogen-bond acceptors (Lipinski definition) is 9. The summed E-state index contributed by atoms with van der Waals surface area (Å²) in [5, 5.41) is 3.24. The molecule has 12 heteroatoms. The average molecular weight is 541 g/mol. The van der Waals surface area contributed by atoms with Crippen molar-refractivity contribution in [1.82, 2.24) is 19.8 Å². The molecule has 0 atom stereocenters. The van der Waals surface area contributed by atoms with Crippen LogP contribution in [0.1, 0.15) is 23.0 Å². The third-order valence-corrected chi connectivity index (χ3v) is 7.49. The molecule has 0 bridgehead atoms. The summed E-state index contributed by atoms with van der Waals surface area (Å²) in [6.07, 6.45) is 1.60.